The standard InChI is InChI=1S/C26H26FN3O3S/c1-16-28-25-19(15-34(3,32)33)11-18(23-14-29(2)26(31)22-6-4-5-21(22)23)12-24(25)30(16)13-17-7-9-20(27)10-8-17/h7-12,14H,4-6,13,15H2,1-3H3. The summed E-state index contributed by atoms with van der Waals surface area (Å²) in [6.07, 6.45) is 5.59. The lowest BCUT2D eigenvalue weighted by atomic mass is 9.97. The van der Waals surface area contributed by atoms with Gasteiger partial charge in [-0.15, -0.1) is 0 Å². The first kappa shape index (κ1) is 22.5. The summed E-state index contributed by atoms with van der Waals surface area (Å²) in [6.45, 7) is 2.37. The topological polar surface area (TPSA) is 74.0 Å². The van der Waals surface area contributed by atoms with Gasteiger partial charge in [-0.2, -0.15) is 0 Å². The highest BCUT2D eigenvalue weighted by Gasteiger charge is 2.23. The summed E-state index contributed by atoms with van der Waals surface area (Å²) in [6, 6.07) is 10.3. The van der Waals surface area contributed by atoms with E-state index in [1.54, 1.807) is 23.7 Å². The molecule has 34 heavy (non-hydrogen) atoms. The minimum absolute atomic E-state index is 0.0332. The highest BCUT2D eigenvalue weighted by Crippen LogP contribution is 2.34. The predicted molar refractivity (Wildman–Crippen MR) is 131 cm³/mol. The molecule has 2 aromatic heterocycles. The van der Waals surface area contributed by atoms with Crippen LogP contribution in [-0.2, 0) is 42.0 Å². The van der Waals surface area contributed by atoms with Crippen molar-refractivity contribution in [1.29, 1.82) is 0 Å². The Hall–Kier alpha value is -3.26. The number of pyridine rings is 1. The Labute approximate surface area is 197 Å². The van der Waals surface area contributed by atoms with Crippen LogP contribution in [0.25, 0.3) is 22.2 Å². The minimum atomic E-state index is -3.31. The molecule has 0 amide bonds. The number of benzene rings is 2. The van der Waals surface area contributed by atoms with Gasteiger partial charge in [0.2, 0.25) is 0 Å². The van der Waals surface area contributed by atoms with E-state index in [0.29, 0.717) is 17.6 Å². The second-order valence-electron chi connectivity index (χ2n) is 9.21. The van der Waals surface area contributed by atoms with Crippen LogP contribution < -0.4 is 5.56 Å². The van der Waals surface area contributed by atoms with Gasteiger partial charge in [0.15, 0.2) is 9.84 Å². The van der Waals surface area contributed by atoms with Crippen LogP contribution in [0.15, 0.2) is 47.4 Å². The van der Waals surface area contributed by atoms with Crippen LogP contribution in [0.2, 0.25) is 0 Å². The van der Waals surface area contributed by atoms with E-state index in [-0.39, 0.29) is 17.1 Å². The van der Waals surface area contributed by atoms with Gasteiger partial charge in [-0.25, -0.2) is 17.8 Å². The first-order chi connectivity index (χ1) is 16.1. The van der Waals surface area contributed by atoms with Crippen LogP contribution in [0.1, 0.15) is 34.5 Å². The Morgan fingerprint density at radius 2 is 1.79 bits per heavy atom. The molecule has 0 unspecified atom stereocenters. The largest absolute Gasteiger partial charge is 0.324 e. The fraction of sp³-hybridized carbons (Fsp3) is 0.308. The second kappa shape index (κ2) is 8.20. The summed E-state index contributed by atoms with van der Waals surface area (Å²) in [5.74, 6) is 0.326. The van der Waals surface area contributed by atoms with Gasteiger partial charge < -0.3 is 9.13 Å². The molecule has 4 aromatic rings. The van der Waals surface area contributed by atoms with Crippen molar-refractivity contribution < 1.29 is 12.8 Å². The van der Waals surface area contributed by atoms with Gasteiger partial charge in [0.25, 0.3) is 5.56 Å². The SMILES string of the molecule is Cc1nc2c(CS(C)(=O)=O)cc(-c3cn(C)c(=O)c4c3CCC4)cc2n1Cc1ccc(F)cc1. The lowest BCUT2D eigenvalue weighted by Gasteiger charge is -2.14. The lowest BCUT2D eigenvalue weighted by molar-refractivity contribution is 0.601. The molecule has 2 aromatic carbocycles. The number of rotatable bonds is 5. The van der Waals surface area contributed by atoms with Gasteiger partial charge in [0, 0.05) is 37.2 Å². The molecule has 1 aliphatic rings. The lowest BCUT2D eigenvalue weighted by Crippen LogP contribution is -2.21. The molecule has 0 bridgehead atoms. The molecule has 0 radical (unpaired) electrons. The first-order valence-corrected chi connectivity index (χ1v) is 13.3. The number of halogens is 1. The number of imidazole rings is 1. The van der Waals surface area contributed by atoms with Crippen LogP contribution in [0, 0.1) is 12.7 Å². The maximum atomic E-state index is 13.4. The third kappa shape index (κ3) is 4.07. The Kier molecular flexibility index (Phi) is 5.43. The Balaban J connectivity index is 1.75. The maximum Gasteiger partial charge on any atom is 0.253 e. The fourth-order valence-electron chi connectivity index (χ4n) is 5.00. The van der Waals surface area contributed by atoms with Gasteiger partial charge in [0.05, 0.1) is 16.8 Å². The molecule has 0 spiro atoms. The summed E-state index contributed by atoms with van der Waals surface area (Å²) in [5, 5.41) is 0. The van der Waals surface area contributed by atoms with E-state index < -0.39 is 9.84 Å². The molecule has 0 fully saturated rings. The third-order valence-electron chi connectivity index (χ3n) is 6.55. The zero-order valence-corrected chi connectivity index (χ0v) is 20.2. The molecular formula is C26H26FN3O3S. The summed E-state index contributed by atoms with van der Waals surface area (Å²) < 4.78 is 41.6. The van der Waals surface area contributed by atoms with Crippen molar-refractivity contribution in [2.24, 2.45) is 7.05 Å². The van der Waals surface area contributed by atoms with E-state index in [2.05, 4.69) is 0 Å². The Bertz CT molecular complexity index is 1600. The molecule has 0 atom stereocenters. The highest BCUT2D eigenvalue weighted by atomic mass is 32.2. The van der Waals surface area contributed by atoms with E-state index >= 15 is 0 Å². The molecule has 8 heteroatoms. The summed E-state index contributed by atoms with van der Waals surface area (Å²) in [5.41, 5.74) is 6.78. The Morgan fingerprint density at radius 1 is 1.09 bits per heavy atom. The van der Waals surface area contributed by atoms with Gasteiger partial charge in [-0.1, -0.05) is 12.1 Å². The molecule has 1 aliphatic carbocycles. The average molecular weight is 480 g/mol. The number of aromatic nitrogens is 3. The van der Waals surface area contributed by atoms with Crippen molar-refractivity contribution in [2.45, 2.75) is 38.5 Å². The van der Waals surface area contributed by atoms with Gasteiger partial charge in [-0.3, -0.25) is 4.79 Å². The van der Waals surface area contributed by atoms with Crippen LogP contribution in [0.3, 0.4) is 0 Å². The minimum Gasteiger partial charge on any atom is -0.324 e. The number of fused-ring (bicyclic) bond motifs is 2. The molecule has 0 N–H and O–H groups in total. The Morgan fingerprint density at radius 3 is 2.50 bits per heavy atom. The van der Waals surface area contributed by atoms with Crippen molar-refractivity contribution in [2.75, 3.05) is 6.26 Å². The van der Waals surface area contributed by atoms with Crippen LogP contribution in [-0.4, -0.2) is 28.8 Å². The van der Waals surface area contributed by atoms with Crippen LogP contribution in [0.5, 0.6) is 0 Å². The van der Waals surface area contributed by atoms with Crippen molar-refractivity contribution in [3.8, 4) is 11.1 Å². The summed E-state index contributed by atoms with van der Waals surface area (Å²) in [7, 11) is -1.55. The number of hydrogen-bond acceptors (Lipinski definition) is 4. The fourth-order valence-corrected chi connectivity index (χ4v) is 5.78. The van der Waals surface area contributed by atoms with E-state index in [0.717, 1.165) is 58.4 Å². The van der Waals surface area contributed by atoms with E-state index in [1.165, 1.54) is 18.4 Å². The third-order valence-corrected chi connectivity index (χ3v) is 7.39. The highest BCUT2D eigenvalue weighted by molar-refractivity contribution is 7.89. The first-order valence-electron chi connectivity index (χ1n) is 11.2. The quantitative estimate of drug-likeness (QED) is 0.435. The van der Waals surface area contributed by atoms with Crippen molar-refractivity contribution >= 4 is 20.9 Å². The zero-order valence-electron chi connectivity index (χ0n) is 19.4. The smallest absolute Gasteiger partial charge is 0.253 e. The normalized spacial score (nSPS) is 13.5. The predicted octanol–water partition coefficient (Wildman–Crippen LogP) is 3.93. The number of hydrogen-bond donors (Lipinski definition) is 0. The summed E-state index contributed by atoms with van der Waals surface area (Å²) in [4.78, 5) is 17.4. The molecule has 176 valence electrons. The van der Waals surface area contributed by atoms with Gasteiger partial charge >= 0.3 is 0 Å². The van der Waals surface area contributed by atoms with Crippen molar-refractivity contribution in [3.05, 3.63) is 86.8 Å². The molecule has 0 aliphatic heterocycles. The molecule has 5 rings (SSSR count). The number of aryl methyl sites for hydroxylation is 2. The summed E-state index contributed by atoms with van der Waals surface area (Å²) >= 11 is 0. The molecule has 0 saturated heterocycles. The van der Waals surface area contributed by atoms with Crippen molar-refractivity contribution in [3.63, 3.8) is 0 Å². The zero-order chi connectivity index (χ0) is 24.2. The monoisotopic (exact) mass is 479 g/mol. The van der Waals surface area contributed by atoms with E-state index in [1.807, 2.05) is 29.8 Å². The van der Waals surface area contributed by atoms with Crippen LogP contribution >= 0.6 is 0 Å². The second-order valence-corrected chi connectivity index (χ2v) is 11.4. The van der Waals surface area contributed by atoms with E-state index in [9.17, 15) is 17.6 Å². The van der Waals surface area contributed by atoms with Gasteiger partial charge in [0.1, 0.15) is 11.6 Å². The van der Waals surface area contributed by atoms with Gasteiger partial charge in [-0.05, 0) is 72.7 Å². The maximum absolute atomic E-state index is 13.4. The van der Waals surface area contributed by atoms with Crippen LogP contribution in [0.4, 0.5) is 4.39 Å². The van der Waals surface area contributed by atoms with Crippen molar-refractivity contribution in [1.82, 2.24) is 14.1 Å². The molecule has 6 nitrogen and oxygen atoms in total. The average Bonchev–Trinajstić information content (AvgIpc) is 3.37. The molecule has 2 heterocycles. The van der Waals surface area contributed by atoms with E-state index in [4.69, 9.17) is 4.98 Å². The molecular weight excluding hydrogens is 453 g/mol. The number of nitrogens with zero attached hydrogens (tertiary/aromatic N) is 3. The molecule has 0 saturated carbocycles. The number of sulfone groups is 1.